The Balaban J connectivity index is 1.04. The molecule has 25 atom stereocenters. The van der Waals surface area contributed by atoms with Gasteiger partial charge in [-0.25, -0.2) is 0 Å². The van der Waals surface area contributed by atoms with Crippen molar-refractivity contribution in [3.8, 4) is 0 Å². The van der Waals surface area contributed by atoms with E-state index in [1.165, 1.54) is 13.8 Å². The van der Waals surface area contributed by atoms with E-state index < -0.39 is 158 Å². The molecule has 0 bridgehead atoms. The number of aliphatic hydroxyl groups is 1. The van der Waals surface area contributed by atoms with Crippen molar-refractivity contribution in [2.45, 2.75) is 212 Å². The Hall–Kier alpha value is -5.34. The fourth-order valence-electron chi connectivity index (χ4n) is 12.0. The van der Waals surface area contributed by atoms with E-state index in [9.17, 15) is 25.8 Å². The monoisotopic (exact) mass is 1190 g/mol. The lowest BCUT2D eigenvalue weighted by Gasteiger charge is -2.51. The summed E-state index contributed by atoms with van der Waals surface area (Å²) in [6.45, 7) is 17.4. The molecule has 0 saturated carbocycles. The lowest BCUT2D eigenvalue weighted by Crippen LogP contribution is -2.63. The number of methoxy groups -OCH3 is 1. The molecular weight excluding hydrogens is 1100 g/mol. The topological polar surface area (TPSA) is 290 Å². The minimum atomic E-state index is -1.27. The third-order valence-corrected chi connectivity index (χ3v) is 16.8. The highest BCUT2D eigenvalue weighted by molar-refractivity contribution is 5.66. The lowest BCUT2D eigenvalue weighted by molar-refractivity contribution is -0.367. The Morgan fingerprint density at radius 2 is 0.800 bits per heavy atom. The van der Waals surface area contributed by atoms with E-state index in [2.05, 4.69) is 20.1 Å². The third kappa shape index (κ3) is 16.4. The summed E-state index contributed by atoms with van der Waals surface area (Å²) >= 11 is 0. The SMILES string of the molecule is CO[C@@H]1OC(C)[C@H](O[C@@H]2OC(COC(C)=O)[C@@H](O[C@@H]3OC(C)C(O[C@@H]4OC(COC(C)=O)[C@@H](O[C@@H]5OC(C)[C@@H](O)[C@@H](OCc6ccccc6)C5C)[C@H](C)C4N=[N+]=[N-])[C@@H](OCc4ccccc4)C3C)[C@H](C)C2N=[N+]=[N-])[C@@H](OCc2ccccc2)C1C. The van der Waals surface area contributed by atoms with Gasteiger partial charge in [0.05, 0.1) is 80.7 Å². The van der Waals surface area contributed by atoms with E-state index in [0.29, 0.717) is 0 Å². The number of rotatable bonds is 24. The van der Waals surface area contributed by atoms with Gasteiger partial charge in [-0.2, -0.15) is 0 Å². The zero-order valence-corrected chi connectivity index (χ0v) is 50.2. The molecule has 0 spiro atoms. The van der Waals surface area contributed by atoms with Crippen molar-refractivity contribution in [3.05, 3.63) is 129 Å². The van der Waals surface area contributed by atoms with Crippen LogP contribution in [-0.2, 0) is 100 Å². The Morgan fingerprint density at radius 1 is 0.459 bits per heavy atom. The molecule has 85 heavy (non-hydrogen) atoms. The average Bonchev–Trinajstić information content (AvgIpc) is 3.43. The maximum atomic E-state index is 12.5. The number of aliphatic hydroxyl groups excluding tert-OH is 1. The average molecular weight is 1190 g/mol. The Morgan fingerprint density at radius 3 is 1.18 bits per heavy atom. The first-order chi connectivity index (χ1) is 40.9. The normalized spacial score (nSPS) is 38.5. The van der Waals surface area contributed by atoms with E-state index in [1.807, 2.05) is 133 Å². The van der Waals surface area contributed by atoms with Crippen LogP contribution < -0.4 is 0 Å². The van der Waals surface area contributed by atoms with Crippen LogP contribution in [0.15, 0.2) is 101 Å². The molecule has 11 unspecified atom stereocenters. The van der Waals surface area contributed by atoms with Gasteiger partial charge in [0.2, 0.25) is 0 Å². The molecule has 5 aliphatic heterocycles. The fraction of sp³-hybridized carbons (Fsp3) is 0.672. The van der Waals surface area contributed by atoms with Gasteiger partial charge in [0.15, 0.2) is 31.5 Å². The summed E-state index contributed by atoms with van der Waals surface area (Å²) in [5.74, 6) is -3.88. The van der Waals surface area contributed by atoms with Crippen molar-refractivity contribution in [1.82, 2.24) is 0 Å². The van der Waals surface area contributed by atoms with Crippen LogP contribution in [0.25, 0.3) is 20.9 Å². The van der Waals surface area contributed by atoms with Gasteiger partial charge in [-0.05, 0) is 60.4 Å². The van der Waals surface area contributed by atoms with Crippen LogP contribution in [0.2, 0.25) is 0 Å². The molecule has 5 aliphatic rings. The van der Waals surface area contributed by atoms with Gasteiger partial charge >= 0.3 is 11.9 Å². The van der Waals surface area contributed by atoms with Crippen molar-refractivity contribution in [1.29, 1.82) is 0 Å². The van der Waals surface area contributed by atoms with Crippen LogP contribution in [0.5, 0.6) is 0 Å². The summed E-state index contributed by atoms with van der Waals surface area (Å²) in [4.78, 5) is 31.4. The molecule has 0 aromatic heterocycles. The molecule has 5 saturated heterocycles. The summed E-state index contributed by atoms with van der Waals surface area (Å²) in [5, 5.41) is 19.8. The van der Waals surface area contributed by atoms with Gasteiger partial charge in [-0.15, -0.1) is 0 Å². The van der Waals surface area contributed by atoms with Crippen LogP contribution in [0.3, 0.4) is 0 Å². The number of nitrogens with zero attached hydrogens (tertiary/aromatic N) is 6. The molecule has 24 heteroatoms. The molecule has 5 heterocycles. The maximum Gasteiger partial charge on any atom is 0.302 e. The predicted octanol–water partition coefficient (Wildman–Crippen LogP) is 8.64. The van der Waals surface area contributed by atoms with Gasteiger partial charge < -0.3 is 76.2 Å². The third-order valence-electron chi connectivity index (χ3n) is 16.8. The first-order valence-corrected chi connectivity index (χ1v) is 29.3. The molecule has 0 aliphatic carbocycles. The molecular formula is C61H84N6O18. The summed E-state index contributed by atoms with van der Waals surface area (Å²) in [6, 6.07) is 26.9. The smallest absolute Gasteiger partial charge is 0.302 e. The number of hydrogen-bond acceptors (Lipinski definition) is 20. The highest BCUT2D eigenvalue weighted by Gasteiger charge is 2.55. The van der Waals surface area contributed by atoms with Gasteiger partial charge in [0.25, 0.3) is 0 Å². The minimum Gasteiger partial charge on any atom is -0.463 e. The number of esters is 2. The summed E-state index contributed by atoms with van der Waals surface area (Å²) in [7, 11) is 1.57. The van der Waals surface area contributed by atoms with Gasteiger partial charge in [-0.3, -0.25) is 9.59 Å². The maximum absolute atomic E-state index is 12.5. The molecule has 24 nitrogen and oxygen atoms in total. The van der Waals surface area contributed by atoms with Gasteiger partial charge in [0.1, 0.15) is 43.7 Å². The van der Waals surface area contributed by atoms with Crippen molar-refractivity contribution < 1.29 is 85.7 Å². The van der Waals surface area contributed by atoms with Crippen LogP contribution in [0, 0.1) is 29.6 Å². The van der Waals surface area contributed by atoms with E-state index in [-0.39, 0.29) is 39.0 Å². The predicted molar refractivity (Wildman–Crippen MR) is 303 cm³/mol. The second-order valence-electron chi connectivity index (χ2n) is 22.9. The zero-order valence-electron chi connectivity index (χ0n) is 50.2. The summed E-state index contributed by atoms with van der Waals surface area (Å²) in [6.07, 6.45) is -15.7. The number of benzene rings is 3. The fourth-order valence-corrected chi connectivity index (χ4v) is 12.0. The Bertz CT molecular complexity index is 2660. The molecule has 0 radical (unpaired) electrons. The highest BCUT2D eigenvalue weighted by atomic mass is 16.8. The molecule has 5 fully saturated rings. The number of carbonyl (C=O) groups excluding carboxylic acids is 2. The lowest BCUT2D eigenvalue weighted by atomic mass is 9.87. The minimum absolute atomic E-state index is 0.143. The summed E-state index contributed by atoms with van der Waals surface area (Å²) < 4.78 is 97.1. The van der Waals surface area contributed by atoms with Crippen molar-refractivity contribution in [2.75, 3.05) is 20.3 Å². The zero-order chi connectivity index (χ0) is 60.9. The van der Waals surface area contributed by atoms with E-state index in [0.717, 1.165) is 16.7 Å². The number of hydrogen-bond donors (Lipinski definition) is 1. The van der Waals surface area contributed by atoms with E-state index >= 15 is 0 Å². The van der Waals surface area contributed by atoms with Crippen LogP contribution in [0.4, 0.5) is 0 Å². The second kappa shape index (κ2) is 31.0. The molecule has 8 rings (SSSR count). The molecule has 3 aromatic carbocycles. The van der Waals surface area contributed by atoms with Crippen LogP contribution >= 0.6 is 0 Å². The van der Waals surface area contributed by atoms with Crippen molar-refractivity contribution in [3.63, 3.8) is 0 Å². The van der Waals surface area contributed by atoms with Gasteiger partial charge in [-0.1, -0.05) is 136 Å². The molecule has 1 N–H and O–H groups in total. The number of ether oxygens (including phenoxy) is 15. The van der Waals surface area contributed by atoms with E-state index in [4.69, 9.17) is 71.1 Å². The molecule has 466 valence electrons. The van der Waals surface area contributed by atoms with Crippen LogP contribution in [0.1, 0.15) is 85.9 Å². The highest BCUT2D eigenvalue weighted by Crippen LogP contribution is 2.43. The van der Waals surface area contributed by atoms with Crippen molar-refractivity contribution >= 4 is 11.9 Å². The Kier molecular flexibility index (Phi) is 24.0. The van der Waals surface area contributed by atoms with Crippen molar-refractivity contribution in [2.24, 2.45) is 39.8 Å². The second-order valence-corrected chi connectivity index (χ2v) is 22.9. The molecule has 3 aromatic rings. The summed E-state index contributed by atoms with van der Waals surface area (Å²) in [5.41, 5.74) is 23.0. The van der Waals surface area contributed by atoms with E-state index in [1.54, 1.807) is 21.0 Å². The molecule has 0 amide bonds. The quantitative estimate of drug-likeness (QED) is 0.0380. The van der Waals surface area contributed by atoms with Gasteiger partial charge in [0, 0.05) is 48.5 Å². The Labute approximate surface area is 496 Å². The standard InChI is InChI=1S/C61H84N6O18/c1-32-47(64-66-62)61(80-45(30-72-40(9)68)50(32)82-58-34(3)52(49(70)37(6)77-58)74-27-42-21-15-12-16-22-42)85-56-39(8)79-59(36(5)54(56)76-29-44-25-19-14-20-26-44)83-51-33(2)48(65-67-63)60(81-46(51)31-73-41(10)69)84-55-38(7)78-57(71-11)35(4)53(55)75-28-43-23-17-13-18-24-43/h12-26,32-39,45-61,70H,27-31H2,1-11H3/t32-,33-,34?,35?,36?,37?,38?,39?,45?,46?,47?,48?,49-,50+,51+,52+,53+,54+,55+,56?,57-,58+,59+,60+,61+/m1/s1. The van der Waals surface area contributed by atoms with Crippen LogP contribution in [-0.4, -0.2) is 160 Å². The number of azide groups is 2. The first kappa shape index (κ1) is 65.6. The first-order valence-electron chi connectivity index (χ1n) is 29.3. The number of carbonyl (C=O) groups is 2. The largest absolute Gasteiger partial charge is 0.463 e.